The van der Waals surface area contributed by atoms with Crippen molar-refractivity contribution in [1.29, 1.82) is 0 Å². The number of amides is 6. The lowest BCUT2D eigenvalue weighted by Crippen LogP contribution is -2.45. The van der Waals surface area contributed by atoms with Crippen LogP contribution in [0.2, 0.25) is 0 Å². The summed E-state index contributed by atoms with van der Waals surface area (Å²) in [7, 11) is 1.53. The fraction of sp³-hybridized carbons (Fsp3) is 0.371. The maximum absolute atomic E-state index is 14.1. The molecule has 0 spiro atoms. The largest absolute Gasteiger partial charge is 0.508 e. The average Bonchev–Trinajstić information content (AvgIpc) is 4.25. The number of anilines is 1. The molecule has 0 radical (unpaired) electrons. The number of imide groups is 1. The average molecular weight is 1090 g/mol. The van der Waals surface area contributed by atoms with E-state index in [9.17, 15) is 38.7 Å². The van der Waals surface area contributed by atoms with E-state index in [-0.39, 0.29) is 77.8 Å². The predicted octanol–water partition coefficient (Wildman–Crippen LogP) is 9.44. The van der Waals surface area contributed by atoms with Crippen molar-refractivity contribution in [3.63, 3.8) is 0 Å². The van der Waals surface area contributed by atoms with Gasteiger partial charge in [-0.05, 0) is 109 Å². The minimum absolute atomic E-state index is 0.0629. The van der Waals surface area contributed by atoms with Crippen LogP contribution in [-0.2, 0) is 24.0 Å². The molecular formula is C62H67N7O11. The van der Waals surface area contributed by atoms with Crippen molar-refractivity contribution in [1.82, 2.24) is 20.0 Å². The highest BCUT2D eigenvalue weighted by Crippen LogP contribution is 2.41. The Kier molecular flexibility index (Phi) is 17.5. The van der Waals surface area contributed by atoms with Crippen molar-refractivity contribution in [2.24, 2.45) is 21.8 Å². The number of carbonyl (C=O) groups is 7. The van der Waals surface area contributed by atoms with E-state index in [1.807, 2.05) is 75.8 Å². The Morgan fingerprint density at radius 3 is 1.82 bits per heavy atom. The van der Waals surface area contributed by atoms with Crippen LogP contribution in [0, 0.1) is 18.8 Å². The van der Waals surface area contributed by atoms with Crippen LogP contribution in [0.3, 0.4) is 0 Å². The minimum Gasteiger partial charge on any atom is -0.508 e. The van der Waals surface area contributed by atoms with Crippen LogP contribution in [-0.4, -0.2) is 118 Å². The molecule has 0 fully saturated rings. The van der Waals surface area contributed by atoms with Gasteiger partial charge < -0.3 is 39.8 Å². The third kappa shape index (κ3) is 12.9. The molecule has 18 nitrogen and oxygen atoms in total. The van der Waals surface area contributed by atoms with Gasteiger partial charge in [0.1, 0.15) is 11.5 Å². The highest BCUT2D eigenvalue weighted by Gasteiger charge is 2.36. The van der Waals surface area contributed by atoms with E-state index in [1.54, 1.807) is 59.3 Å². The number of unbranched alkanes of at least 4 members (excludes halogenated alkanes) is 4. The molecule has 4 aromatic carbocycles. The number of aliphatic imine (C=N–C) groups is 2. The van der Waals surface area contributed by atoms with E-state index in [4.69, 9.17) is 24.2 Å². The molecule has 6 amide bonds. The highest BCUT2D eigenvalue weighted by molar-refractivity contribution is 6.13. The molecule has 0 aliphatic carbocycles. The Morgan fingerprint density at radius 2 is 1.24 bits per heavy atom. The Hall–Kier alpha value is -8.67. The molecule has 3 N–H and O–H groups in total. The van der Waals surface area contributed by atoms with Crippen molar-refractivity contribution in [3.8, 4) is 23.0 Å². The first-order valence-corrected chi connectivity index (χ1v) is 27.4. The van der Waals surface area contributed by atoms with Crippen LogP contribution in [0.15, 0.2) is 107 Å². The molecular weight excluding hydrogens is 1020 g/mol. The van der Waals surface area contributed by atoms with Crippen LogP contribution in [0.4, 0.5) is 17.1 Å². The Labute approximate surface area is 465 Å². The van der Waals surface area contributed by atoms with Gasteiger partial charge in [0.15, 0.2) is 17.3 Å². The number of ether oxygens (including phenoxy) is 3. The van der Waals surface area contributed by atoms with Crippen molar-refractivity contribution < 1.29 is 52.9 Å². The molecule has 416 valence electrons. The summed E-state index contributed by atoms with van der Waals surface area (Å²) < 4.78 is 18.1. The zero-order chi connectivity index (χ0) is 56.6. The molecule has 0 unspecified atom stereocenters. The second-order valence-corrected chi connectivity index (χ2v) is 21.2. The number of aromatic hydroxyl groups is 1. The number of rotatable bonds is 24. The number of hydrogen-bond acceptors (Lipinski definition) is 13. The molecule has 4 aromatic rings. The number of fused-ring (bicyclic) bond motifs is 4. The summed E-state index contributed by atoms with van der Waals surface area (Å²) >= 11 is 0. The first kappa shape index (κ1) is 56.1. The molecule has 0 aromatic heterocycles. The van der Waals surface area contributed by atoms with Crippen molar-refractivity contribution >= 4 is 81.9 Å². The molecule has 5 aliphatic rings. The van der Waals surface area contributed by atoms with E-state index in [1.165, 1.54) is 24.2 Å². The second kappa shape index (κ2) is 25.0. The van der Waals surface area contributed by atoms with Crippen LogP contribution in [0.5, 0.6) is 23.0 Å². The lowest BCUT2D eigenvalue weighted by atomic mass is 9.92. The summed E-state index contributed by atoms with van der Waals surface area (Å²) in [5.74, 6) is -0.938. The SMILES string of the molecule is COc1cc2c(cc1OCCCCCOc1cc3c(cc1C)C(=O)N1C=C(c4ccc(O)cc4)C[C@H]1C=N3)N=C[C@@H]1CC(c3ccc(NC(=O)[C@H](C)CC(=O)[C@@H](NC(=O)CCCCCN4C(=O)C=CC4=O)C(C)C)cc3)=CN1C2=O. The number of nitrogens with one attached hydrogen (secondary N) is 2. The second-order valence-electron chi connectivity index (χ2n) is 21.2. The van der Waals surface area contributed by atoms with Crippen molar-refractivity contribution in [3.05, 3.63) is 125 Å². The molecule has 9 rings (SSSR count). The molecule has 4 atom stereocenters. The molecule has 5 heterocycles. The number of aryl methyl sites for hydroxylation is 1. The van der Waals surface area contributed by atoms with Gasteiger partial charge in [-0.1, -0.05) is 51.5 Å². The third-order valence-electron chi connectivity index (χ3n) is 15.0. The smallest absolute Gasteiger partial charge is 0.260 e. The number of nitrogens with zero attached hydrogens (tertiary/aromatic N) is 5. The normalized spacial score (nSPS) is 17.8. The summed E-state index contributed by atoms with van der Waals surface area (Å²) in [5.41, 5.74) is 7.10. The molecule has 18 heteroatoms. The van der Waals surface area contributed by atoms with Crippen LogP contribution in [0.25, 0.3) is 11.1 Å². The Bertz CT molecular complexity index is 3210. The summed E-state index contributed by atoms with van der Waals surface area (Å²) in [6, 6.07) is 20.1. The van der Waals surface area contributed by atoms with Gasteiger partial charge in [-0.3, -0.25) is 48.4 Å². The zero-order valence-electron chi connectivity index (χ0n) is 45.7. The van der Waals surface area contributed by atoms with Gasteiger partial charge in [-0.2, -0.15) is 0 Å². The van der Waals surface area contributed by atoms with E-state index < -0.39 is 12.0 Å². The van der Waals surface area contributed by atoms with Gasteiger partial charge >= 0.3 is 0 Å². The summed E-state index contributed by atoms with van der Waals surface area (Å²) in [6.45, 7) is 8.45. The van der Waals surface area contributed by atoms with Gasteiger partial charge in [0.25, 0.3) is 23.6 Å². The lowest BCUT2D eigenvalue weighted by Gasteiger charge is -2.23. The molecule has 0 saturated heterocycles. The molecule has 80 heavy (non-hydrogen) atoms. The summed E-state index contributed by atoms with van der Waals surface area (Å²) in [5, 5.41) is 15.5. The number of phenols is 1. The van der Waals surface area contributed by atoms with Crippen molar-refractivity contribution in [2.45, 2.75) is 110 Å². The maximum atomic E-state index is 14.1. The van der Waals surface area contributed by atoms with Gasteiger partial charge in [-0.25, -0.2) is 0 Å². The third-order valence-corrected chi connectivity index (χ3v) is 15.0. The molecule has 0 saturated carbocycles. The van der Waals surface area contributed by atoms with Crippen LogP contribution >= 0.6 is 0 Å². The predicted molar refractivity (Wildman–Crippen MR) is 303 cm³/mol. The quantitative estimate of drug-likeness (QED) is 0.0442. The lowest BCUT2D eigenvalue weighted by molar-refractivity contribution is -0.137. The monoisotopic (exact) mass is 1090 g/mol. The first-order valence-electron chi connectivity index (χ1n) is 27.4. The van der Waals surface area contributed by atoms with Gasteiger partial charge in [0.05, 0.1) is 61.0 Å². The maximum Gasteiger partial charge on any atom is 0.260 e. The number of benzene rings is 4. The number of carbonyl (C=O) groups excluding carboxylic acids is 7. The summed E-state index contributed by atoms with van der Waals surface area (Å²) in [4.78, 5) is 105. The van der Waals surface area contributed by atoms with Gasteiger partial charge in [0.2, 0.25) is 11.8 Å². The van der Waals surface area contributed by atoms with Gasteiger partial charge in [0, 0.05) is 92.9 Å². The Balaban J connectivity index is 0.708. The fourth-order valence-electron chi connectivity index (χ4n) is 10.4. The number of phenolic OH excluding ortho intramolecular Hbond substituents is 1. The Morgan fingerprint density at radius 1 is 0.688 bits per heavy atom. The van der Waals surface area contributed by atoms with E-state index >= 15 is 0 Å². The zero-order valence-corrected chi connectivity index (χ0v) is 45.7. The first-order chi connectivity index (χ1) is 38.5. The van der Waals surface area contributed by atoms with Crippen molar-refractivity contribution in [2.75, 3.05) is 32.2 Å². The number of Topliss-reactive ketones (excluding diaryl/α,β-unsaturated/α-hetero) is 1. The molecule has 5 aliphatic heterocycles. The van der Waals surface area contributed by atoms with Crippen LogP contribution in [0.1, 0.15) is 122 Å². The summed E-state index contributed by atoms with van der Waals surface area (Å²) in [6.07, 6.45) is 15.1. The van der Waals surface area contributed by atoms with Crippen LogP contribution < -0.4 is 24.8 Å². The van der Waals surface area contributed by atoms with E-state index in [0.29, 0.717) is 97.3 Å². The fourth-order valence-corrected chi connectivity index (χ4v) is 10.4. The number of ketones is 1. The molecule has 0 bridgehead atoms. The number of methoxy groups -OCH3 is 1. The standard InChI is InChI=1S/C62H67N7O11/c1-37(2)59(66-56(72)12-8-6-9-23-67-57(73)21-22-58(67)74)52(71)27-39(4)60(75)65-44-17-13-40(14-18-44)42-28-46-34-64-51-32-55(54(78-5)30-49(51)62(77)69(46)35-42)80-25-11-7-10-24-79-53-31-50-48(26-38(53)3)61(76)68-36-43(29-45(68)33-63-50)41-15-19-47(70)20-16-41/h13-22,26,30-37,39,45-46,59,70H,6-12,23-25,27-29H2,1-5H3,(H,65,75)(H,66,72)/t39-,45+,46+,59+/m1/s1. The van der Waals surface area contributed by atoms with Gasteiger partial charge in [-0.15, -0.1) is 0 Å². The van der Waals surface area contributed by atoms with E-state index in [0.717, 1.165) is 47.1 Å². The highest BCUT2D eigenvalue weighted by atomic mass is 16.5. The minimum atomic E-state index is -0.755. The number of hydrogen-bond donors (Lipinski definition) is 3. The topological polar surface area (TPSA) is 226 Å². The van der Waals surface area contributed by atoms with E-state index in [2.05, 4.69) is 10.6 Å².